The molecule has 2 aliphatic heterocycles. The number of amides is 2. The standard InChI is InChI=1S/C20H29N3O2/c1-15(16-13-21-14-16)18(24)22-9-11-23(12-10-22)19(25)20(2,3)17-7-5-4-6-8-17/h4-8,15-16,21H,9-14H2,1-3H3. The van der Waals surface area contributed by atoms with Gasteiger partial charge in [-0.25, -0.2) is 0 Å². The molecule has 2 amide bonds. The molecule has 0 spiro atoms. The monoisotopic (exact) mass is 343 g/mol. The number of hydrogen-bond donors (Lipinski definition) is 1. The van der Waals surface area contributed by atoms with Gasteiger partial charge in [-0.3, -0.25) is 9.59 Å². The average Bonchev–Trinajstić information content (AvgIpc) is 2.59. The lowest BCUT2D eigenvalue weighted by molar-refractivity contribution is -0.145. The van der Waals surface area contributed by atoms with Gasteiger partial charge in [0.25, 0.3) is 0 Å². The second-order valence-corrected chi connectivity index (χ2v) is 7.82. The zero-order chi connectivity index (χ0) is 18.0. The predicted octanol–water partition coefficient (Wildman–Crippen LogP) is 1.49. The van der Waals surface area contributed by atoms with E-state index in [9.17, 15) is 9.59 Å². The van der Waals surface area contributed by atoms with E-state index >= 15 is 0 Å². The van der Waals surface area contributed by atoms with Crippen LogP contribution in [0.5, 0.6) is 0 Å². The number of nitrogens with one attached hydrogen (secondary N) is 1. The van der Waals surface area contributed by atoms with Crippen LogP contribution in [0.3, 0.4) is 0 Å². The van der Waals surface area contributed by atoms with Gasteiger partial charge in [-0.1, -0.05) is 37.3 Å². The third-order valence-corrected chi connectivity index (χ3v) is 5.82. The Morgan fingerprint density at radius 1 is 1.04 bits per heavy atom. The van der Waals surface area contributed by atoms with E-state index in [1.54, 1.807) is 0 Å². The summed E-state index contributed by atoms with van der Waals surface area (Å²) >= 11 is 0. The zero-order valence-electron chi connectivity index (χ0n) is 15.5. The third kappa shape index (κ3) is 3.56. The maximum absolute atomic E-state index is 13.0. The molecule has 5 nitrogen and oxygen atoms in total. The van der Waals surface area contributed by atoms with E-state index < -0.39 is 5.41 Å². The van der Waals surface area contributed by atoms with Gasteiger partial charge in [-0.05, 0) is 38.4 Å². The minimum Gasteiger partial charge on any atom is -0.339 e. The fourth-order valence-corrected chi connectivity index (χ4v) is 3.66. The van der Waals surface area contributed by atoms with Crippen molar-refractivity contribution in [2.45, 2.75) is 26.2 Å². The topological polar surface area (TPSA) is 52.7 Å². The second kappa shape index (κ2) is 7.16. The molecular weight excluding hydrogens is 314 g/mol. The Labute approximate surface area is 150 Å². The molecule has 2 heterocycles. The SMILES string of the molecule is CC(C(=O)N1CCN(C(=O)C(C)(C)c2ccccc2)CC1)C1CNC1. The Kier molecular flexibility index (Phi) is 5.13. The van der Waals surface area contributed by atoms with Gasteiger partial charge in [0.1, 0.15) is 0 Å². The maximum Gasteiger partial charge on any atom is 0.232 e. The van der Waals surface area contributed by atoms with Crippen LogP contribution in [-0.2, 0) is 15.0 Å². The molecule has 0 radical (unpaired) electrons. The van der Waals surface area contributed by atoms with Crippen LogP contribution in [0.1, 0.15) is 26.3 Å². The Morgan fingerprint density at radius 2 is 1.60 bits per heavy atom. The molecule has 0 saturated carbocycles. The van der Waals surface area contributed by atoms with Crippen LogP contribution in [0, 0.1) is 11.8 Å². The molecule has 1 unspecified atom stereocenters. The summed E-state index contributed by atoms with van der Waals surface area (Å²) in [5, 5.41) is 3.23. The normalized spacial score (nSPS) is 20.1. The Balaban J connectivity index is 1.58. The molecule has 1 N–H and O–H groups in total. The number of hydrogen-bond acceptors (Lipinski definition) is 3. The highest BCUT2D eigenvalue weighted by Crippen LogP contribution is 2.26. The van der Waals surface area contributed by atoms with Gasteiger partial charge in [0.2, 0.25) is 11.8 Å². The van der Waals surface area contributed by atoms with Crippen molar-refractivity contribution in [2.24, 2.45) is 11.8 Å². The highest BCUT2D eigenvalue weighted by atomic mass is 16.2. The second-order valence-electron chi connectivity index (χ2n) is 7.82. The van der Waals surface area contributed by atoms with Crippen LogP contribution in [0.25, 0.3) is 0 Å². The fourth-order valence-electron chi connectivity index (χ4n) is 3.66. The smallest absolute Gasteiger partial charge is 0.232 e. The maximum atomic E-state index is 13.0. The van der Waals surface area contributed by atoms with E-state index in [0.717, 1.165) is 18.7 Å². The molecule has 3 rings (SSSR count). The van der Waals surface area contributed by atoms with Gasteiger partial charge in [0.05, 0.1) is 5.41 Å². The van der Waals surface area contributed by atoms with Gasteiger partial charge >= 0.3 is 0 Å². The van der Waals surface area contributed by atoms with Crippen LogP contribution in [0.2, 0.25) is 0 Å². The van der Waals surface area contributed by atoms with Crippen molar-refractivity contribution in [3.8, 4) is 0 Å². The molecule has 0 aliphatic carbocycles. The molecule has 5 heteroatoms. The summed E-state index contributed by atoms with van der Waals surface area (Å²) in [6, 6.07) is 9.92. The van der Waals surface area contributed by atoms with Crippen LogP contribution in [-0.4, -0.2) is 60.9 Å². The predicted molar refractivity (Wildman–Crippen MR) is 98.2 cm³/mol. The Morgan fingerprint density at radius 3 is 2.12 bits per heavy atom. The quantitative estimate of drug-likeness (QED) is 0.901. The first-order valence-corrected chi connectivity index (χ1v) is 9.25. The molecule has 2 saturated heterocycles. The average molecular weight is 343 g/mol. The minimum atomic E-state index is -0.543. The molecule has 1 aromatic carbocycles. The fraction of sp³-hybridized carbons (Fsp3) is 0.600. The van der Waals surface area contributed by atoms with Crippen LogP contribution in [0.4, 0.5) is 0 Å². The molecule has 1 aromatic rings. The van der Waals surface area contributed by atoms with Crippen molar-refractivity contribution in [2.75, 3.05) is 39.3 Å². The van der Waals surface area contributed by atoms with E-state index in [2.05, 4.69) is 5.32 Å². The number of carbonyl (C=O) groups excluding carboxylic acids is 2. The summed E-state index contributed by atoms with van der Waals surface area (Å²) in [4.78, 5) is 29.5. The molecule has 2 fully saturated rings. The molecule has 25 heavy (non-hydrogen) atoms. The number of piperazine rings is 1. The lowest BCUT2D eigenvalue weighted by Crippen LogP contribution is -2.57. The van der Waals surface area contributed by atoms with Crippen LogP contribution in [0.15, 0.2) is 30.3 Å². The van der Waals surface area contributed by atoms with Crippen LogP contribution >= 0.6 is 0 Å². The largest absolute Gasteiger partial charge is 0.339 e. The van der Waals surface area contributed by atoms with E-state index in [1.165, 1.54) is 0 Å². The molecule has 2 aliphatic rings. The molecule has 136 valence electrons. The first-order valence-electron chi connectivity index (χ1n) is 9.25. The van der Waals surface area contributed by atoms with Crippen molar-refractivity contribution in [1.29, 1.82) is 0 Å². The number of rotatable bonds is 4. The molecular formula is C20H29N3O2. The zero-order valence-corrected chi connectivity index (χ0v) is 15.5. The lowest BCUT2D eigenvalue weighted by atomic mass is 9.83. The summed E-state index contributed by atoms with van der Waals surface area (Å²) in [5.41, 5.74) is 0.489. The van der Waals surface area contributed by atoms with Gasteiger partial charge in [0.15, 0.2) is 0 Å². The number of carbonyl (C=O) groups is 2. The van der Waals surface area contributed by atoms with Crippen molar-refractivity contribution >= 4 is 11.8 Å². The van der Waals surface area contributed by atoms with Gasteiger partial charge < -0.3 is 15.1 Å². The summed E-state index contributed by atoms with van der Waals surface area (Å²) in [7, 11) is 0. The van der Waals surface area contributed by atoms with E-state index in [0.29, 0.717) is 32.1 Å². The number of nitrogens with zero attached hydrogens (tertiary/aromatic N) is 2. The Bertz CT molecular complexity index is 617. The summed E-state index contributed by atoms with van der Waals surface area (Å²) in [6.07, 6.45) is 0. The van der Waals surface area contributed by atoms with Crippen molar-refractivity contribution in [1.82, 2.24) is 15.1 Å². The highest BCUT2D eigenvalue weighted by molar-refractivity contribution is 5.87. The highest BCUT2D eigenvalue weighted by Gasteiger charge is 2.37. The lowest BCUT2D eigenvalue weighted by Gasteiger charge is -2.41. The van der Waals surface area contributed by atoms with Crippen LogP contribution < -0.4 is 5.32 Å². The van der Waals surface area contributed by atoms with E-state index in [-0.39, 0.29) is 17.7 Å². The minimum absolute atomic E-state index is 0.0734. The van der Waals surface area contributed by atoms with Crippen molar-refractivity contribution in [3.05, 3.63) is 35.9 Å². The molecule has 0 aromatic heterocycles. The third-order valence-electron chi connectivity index (χ3n) is 5.82. The molecule has 0 bridgehead atoms. The van der Waals surface area contributed by atoms with Crippen molar-refractivity contribution < 1.29 is 9.59 Å². The van der Waals surface area contributed by atoms with Gasteiger partial charge in [-0.15, -0.1) is 0 Å². The van der Waals surface area contributed by atoms with E-state index in [4.69, 9.17) is 0 Å². The first kappa shape index (κ1) is 17.9. The Hall–Kier alpha value is -1.88. The molecule has 1 atom stereocenters. The summed E-state index contributed by atoms with van der Waals surface area (Å²) in [5.74, 6) is 0.913. The van der Waals surface area contributed by atoms with Gasteiger partial charge in [0, 0.05) is 32.1 Å². The van der Waals surface area contributed by atoms with E-state index in [1.807, 2.05) is 60.9 Å². The summed E-state index contributed by atoms with van der Waals surface area (Å²) in [6.45, 7) is 10.4. The number of benzene rings is 1. The summed E-state index contributed by atoms with van der Waals surface area (Å²) < 4.78 is 0. The van der Waals surface area contributed by atoms with Gasteiger partial charge in [-0.2, -0.15) is 0 Å². The van der Waals surface area contributed by atoms with Crippen molar-refractivity contribution in [3.63, 3.8) is 0 Å². The first-order chi connectivity index (χ1) is 11.9.